The van der Waals surface area contributed by atoms with Crippen LogP contribution >= 0.6 is 0 Å². The van der Waals surface area contributed by atoms with Gasteiger partial charge in [-0.25, -0.2) is 0 Å². The zero-order valence-electron chi connectivity index (χ0n) is 14.9. The molecule has 8 heteroatoms. The summed E-state index contributed by atoms with van der Waals surface area (Å²) in [5.41, 5.74) is 1.88. The summed E-state index contributed by atoms with van der Waals surface area (Å²) >= 11 is 0. The number of carbonyl (C=O) groups is 2. The van der Waals surface area contributed by atoms with E-state index in [1.165, 1.54) is 11.2 Å². The third kappa shape index (κ3) is 2.49. The van der Waals surface area contributed by atoms with E-state index in [-0.39, 0.29) is 17.2 Å². The second kappa shape index (κ2) is 6.01. The monoisotopic (exact) mass is 367 g/mol. The molecule has 4 rings (SSSR count). The van der Waals surface area contributed by atoms with Crippen LogP contribution in [0.5, 0.6) is 0 Å². The van der Waals surface area contributed by atoms with Gasteiger partial charge in [-0.2, -0.15) is 0 Å². The van der Waals surface area contributed by atoms with E-state index in [1.807, 2.05) is 0 Å². The number of aryl methyl sites for hydroxylation is 3. The van der Waals surface area contributed by atoms with Crippen molar-refractivity contribution < 1.29 is 23.6 Å². The molecule has 8 nitrogen and oxygen atoms in total. The molecule has 138 valence electrons. The summed E-state index contributed by atoms with van der Waals surface area (Å²) < 4.78 is 10.5. The number of rotatable bonds is 3. The van der Waals surface area contributed by atoms with Gasteiger partial charge in [0.1, 0.15) is 23.3 Å². The van der Waals surface area contributed by atoms with Crippen molar-refractivity contribution in [2.45, 2.75) is 26.8 Å². The summed E-state index contributed by atoms with van der Waals surface area (Å²) in [7, 11) is 0. The molecule has 1 unspecified atom stereocenters. The Bertz CT molecular complexity index is 1050. The number of H-pyrrole nitrogens is 1. The van der Waals surface area contributed by atoms with Gasteiger partial charge in [0.2, 0.25) is 0 Å². The Hall–Kier alpha value is -3.55. The number of carbonyl (C=O) groups excluding carboxylic acids is 2. The van der Waals surface area contributed by atoms with E-state index in [2.05, 4.69) is 10.1 Å². The third-order valence-electron chi connectivity index (χ3n) is 4.63. The fourth-order valence-electron chi connectivity index (χ4n) is 3.41. The molecule has 1 aliphatic rings. The maximum atomic E-state index is 12.8. The zero-order valence-corrected chi connectivity index (χ0v) is 14.9. The molecular weight excluding hydrogens is 350 g/mol. The van der Waals surface area contributed by atoms with Crippen LogP contribution < -0.4 is 4.90 Å². The minimum Gasteiger partial charge on any atom is -0.507 e. The van der Waals surface area contributed by atoms with Crippen molar-refractivity contribution in [3.8, 4) is 0 Å². The van der Waals surface area contributed by atoms with E-state index < -0.39 is 17.7 Å². The highest BCUT2D eigenvalue weighted by Crippen LogP contribution is 2.42. The average Bonchev–Trinajstić information content (AvgIpc) is 3.38. The predicted octanol–water partition coefficient (Wildman–Crippen LogP) is 3.15. The number of ketones is 1. The summed E-state index contributed by atoms with van der Waals surface area (Å²) in [5, 5.41) is 14.8. The molecule has 1 saturated heterocycles. The van der Waals surface area contributed by atoms with E-state index in [0.717, 1.165) is 5.56 Å². The number of hydrogen-bond acceptors (Lipinski definition) is 6. The normalized spacial score (nSPS) is 19.2. The summed E-state index contributed by atoms with van der Waals surface area (Å²) in [6.07, 6.45) is 3.17. The topological polar surface area (TPSA) is 113 Å². The lowest BCUT2D eigenvalue weighted by atomic mass is 9.98. The van der Waals surface area contributed by atoms with Gasteiger partial charge in [-0.05, 0) is 38.5 Å². The molecule has 1 amide bonds. The number of furan rings is 1. The van der Waals surface area contributed by atoms with Crippen molar-refractivity contribution in [1.29, 1.82) is 0 Å². The van der Waals surface area contributed by atoms with Crippen LogP contribution in [0.2, 0.25) is 0 Å². The number of aliphatic hydroxyl groups excluding tert-OH is 1. The van der Waals surface area contributed by atoms with Crippen LogP contribution in [-0.4, -0.2) is 26.9 Å². The quantitative estimate of drug-likeness (QED) is 0.418. The third-order valence-corrected chi connectivity index (χ3v) is 4.63. The van der Waals surface area contributed by atoms with Crippen LogP contribution in [0, 0.1) is 20.8 Å². The number of nitrogens with zero attached hydrogens (tertiary/aromatic N) is 2. The molecule has 2 N–H and O–H groups in total. The Balaban J connectivity index is 1.96. The Kier molecular flexibility index (Phi) is 3.76. The molecular formula is C19H17N3O5. The van der Waals surface area contributed by atoms with Crippen LogP contribution in [0.15, 0.2) is 45.2 Å². The molecule has 3 aromatic heterocycles. The molecule has 1 fully saturated rings. The van der Waals surface area contributed by atoms with E-state index in [1.54, 1.807) is 45.2 Å². The molecule has 0 saturated carbocycles. The molecule has 1 atom stereocenters. The summed E-state index contributed by atoms with van der Waals surface area (Å²) in [5.74, 6) is -0.873. The van der Waals surface area contributed by atoms with Crippen molar-refractivity contribution >= 4 is 23.3 Å². The lowest BCUT2D eigenvalue weighted by Gasteiger charge is -2.20. The average molecular weight is 367 g/mol. The first kappa shape index (κ1) is 16.9. The summed E-state index contributed by atoms with van der Waals surface area (Å²) in [4.78, 5) is 29.8. The van der Waals surface area contributed by atoms with Crippen molar-refractivity contribution in [1.82, 2.24) is 10.1 Å². The fourth-order valence-corrected chi connectivity index (χ4v) is 3.41. The highest BCUT2D eigenvalue weighted by molar-refractivity contribution is 6.51. The van der Waals surface area contributed by atoms with Crippen molar-refractivity contribution in [3.63, 3.8) is 0 Å². The van der Waals surface area contributed by atoms with Crippen molar-refractivity contribution in [3.05, 3.63) is 64.6 Å². The van der Waals surface area contributed by atoms with Gasteiger partial charge in [0.15, 0.2) is 5.82 Å². The van der Waals surface area contributed by atoms with Crippen molar-refractivity contribution in [2.24, 2.45) is 0 Å². The van der Waals surface area contributed by atoms with Gasteiger partial charge in [0, 0.05) is 23.5 Å². The van der Waals surface area contributed by atoms with Gasteiger partial charge in [-0.3, -0.25) is 14.5 Å². The highest BCUT2D eigenvalue weighted by atomic mass is 16.5. The van der Waals surface area contributed by atoms with Crippen LogP contribution in [-0.2, 0) is 9.59 Å². The van der Waals surface area contributed by atoms with Gasteiger partial charge in [-0.1, -0.05) is 5.16 Å². The first-order valence-corrected chi connectivity index (χ1v) is 8.32. The molecule has 0 aromatic carbocycles. The molecule has 4 heterocycles. The Morgan fingerprint density at radius 3 is 2.63 bits per heavy atom. The lowest BCUT2D eigenvalue weighted by molar-refractivity contribution is -0.132. The number of Topliss-reactive ketones (excluding diaryl/α,β-unsaturated/α-hetero) is 1. The molecule has 1 aliphatic heterocycles. The van der Waals surface area contributed by atoms with Crippen LogP contribution in [0.25, 0.3) is 5.76 Å². The van der Waals surface area contributed by atoms with Crippen LogP contribution in [0.4, 0.5) is 5.82 Å². The van der Waals surface area contributed by atoms with Gasteiger partial charge in [0.05, 0.1) is 11.8 Å². The smallest absolute Gasteiger partial charge is 0.301 e. The summed E-state index contributed by atoms with van der Waals surface area (Å²) in [6, 6.07) is 3.89. The molecule has 0 aliphatic carbocycles. The first-order valence-electron chi connectivity index (χ1n) is 8.32. The summed E-state index contributed by atoms with van der Waals surface area (Å²) in [6.45, 7) is 5.26. The van der Waals surface area contributed by atoms with Gasteiger partial charge < -0.3 is 19.0 Å². The number of amides is 1. The lowest BCUT2D eigenvalue weighted by Crippen LogP contribution is -2.29. The van der Waals surface area contributed by atoms with Gasteiger partial charge in [-0.15, -0.1) is 0 Å². The van der Waals surface area contributed by atoms with Gasteiger partial charge in [0.25, 0.3) is 5.78 Å². The predicted molar refractivity (Wildman–Crippen MR) is 95.0 cm³/mol. The molecule has 0 spiro atoms. The number of aromatic nitrogens is 2. The molecule has 27 heavy (non-hydrogen) atoms. The van der Waals surface area contributed by atoms with Crippen LogP contribution in [0.1, 0.15) is 34.4 Å². The minimum absolute atomic E-state index is 0.0543. The molecule has 0 bridgehead atoms. The Morgan fingerprint density at radius 2 is 2.07 bits per heavy atom. The van der Waals surface area contributed by atoms with Crippen LogP contribution in [0.3, 0.4) is 0 Å². The van der Waals surface area contributed by atoms with E-state index in [9.17, 15) is 14.7 Å². The number of anilines is 1. The molecule has 0 radical (unpaired) electrons. The van der Waals surface area contributed by atoms with E-state index >= 15 is 0 Å². The number of aromatic amines is 1. The number of nitrogens with one attached hydrogen (secondary N) is 1. The number of hydrogen-bond donors (Lipinski definition) is 2. The SMILES string of the molecule is Cc1cc(N2C(=O)C(=O)/C(=C(/O)c3c(C)c[nH]c3C)C2c2ccco2)no1. The Morgan fingerprint density at radius 1 is 1.30 bits per heavy atom. The van der Waals surface area contributed by atoms with Crippen molar-refractivity contribution in [2.75, 3.05) is 4.90 Å². The fraction of sp³-hybridized carbons (Fsp3) is 0.211. The first-order chi connectivity index (χ1) is 12.9. The number of aliphatic hydroxyl groups is 1. The maximum Gasteiger partial charge on any atom is 0.301 e. The second-order valence-corrected chi connectivity index (χ2v) is 6.45. The minimum atomic E-state index is -0.946. The second-order valence-electron chi connectivity index (χ2n) is 6.45. The highest BCUT2D eigenvalue weighted by Gasteiger charge is 2.49. The van der Waals surface area contributed by atoms with E-state index in [4.69, 9.17) is 8.94 Å². The zero-order chi connectivity index (χ0) is 19.3. The standard InChI is InChI=1S/C19H17N3O5/c1-9-8-20-11(3)14(9)17(23)15-16(12-5-4-6-26-12)22(19(25)18(15)24)13-7-10(2)27-21-13/h4-8,16,20,23H,1-3H3/b17-15+. The van der Waals surface area contributed by atoms with Gasteiger partial charge >= 0.3 is 5.91 Å². The maximum absolute atomic E-state index is 12.8. The Labute approximate surface area is 154 Å². The largest absolute Gasteiger partial charge is 0.507 e. The molecule has 3 aromatic rings. The van der Waals surface area contributed by atoms with E-state index in [0.29, 0.717) is 22.8 Å².